The molecule has 2 aromatic carbocycles. The molecule has 0 bridgehead atoms. The number of aromatic hydroxyl groups is 1. The van der Waals surface area contributed by atoms with Gasteiger partial charge in [0.2, 0.25) is 0 Å². The molecule has 0 aliphatic rings. The Morgan fingerprint density at radius 3 is 2.40 bits per heavy atom. The standard InChI is InChI=1S/C19H16N2O4/c1-24-18-9-13(6-7-17(18)22)16-11-20-10-15(21-16)12-4-3-5-14(8-12)19(23)25-2/h3-11,22H,1-2H3. The Bertz CT molecular complexity index is 925. The van der Waals surface area contributed by atoms with Crippen LogP contribution in [0.2, 0.25) is 0 Å². The number of esters is 1. The highest BCUT2D eigenvalue weighted by Gasteiger charge is 2.10. The van der Waals surface area contributed by atoms with Gasteiger partial charge in [0, 0.05) is 11.1 Å². The van der Waals surface area contributed by atoms with E-state index < -0.39 is 5.97 Å². The van der Waals surface area contributed by atoms with Crippen LogP contribution in [0.3, 0.4) is 0 Å². The smallest absolute Gasteiger partial charge is 0.337 e. The second-order valence-electron chi connectivity index (χ2n) is 5.25. The van der Waals surface area contributed by atoms with Crippen molar-refractivity contribution in [2.45, 2.75) is 0 Å². The van der Waals surface area contributed by atoms with Gasteiger partial charge in [0.1, 0.15) is 0 Å². The van der Waals surface area contributed by atoms with Crippen molar-refractivity contribution >= 4 is 5.97 Å². The largest absolute Gasteiger partial charge is 0.504 e. The van der Waals surface area contributed by atoms with Crippen molar-refractivity contribution in [3.05, 3.63) is 60.4 Å². The molecule has 1 heterocycles. The molecular weight excluding hydrogens is 320 g/mol. The summed E-state index contributed by atoms with van der Waals surface area (Å²) in [5.41, 5.74) is 3.20. The molecule has 0 spiro atoms. The molecule has 3 rings (SSSR count). The van der Waals surface area contributed by atoms with Crippen LogP contribution in [0.25, 0.3) is 22.5 Å². The van der Waals surface area contributed by atoms with Crippen molar-refractivity contribution in [2.24, 2.45) is 0 Å². The van der Waals surface area contributed by atoms with Crippen LogP contribution in [0.4, 0.5) is 0 Å². The van der Waals surface area contributed by atoms with E-state index in [-0.39, 0.29) is 5.75 Å². The zero-order valence-electron chi connectivity index (χ0n) is 13.8. The van der Waals surface area contributed by atoms with Gasteiger partial charge in [-0.25, -0.2) is 9.78 Å². The number of benzene rings is 2. The molecule has 0 radical (unpaired) electrons. The fourth-order valence-electron chi connectivity index (χ4n) is 2.40. The Kier molecular flexibility index (Phi) is 4.61. The van der Waals surface area contributed by atoms with Crippen LogP contribution in [0.5, 0.6) is 11.5 Å². The normalized spacial score (nSPS) is 10.3. The van der Waals surface area contributed by atoms with Gasteiger partial charge in [-0.3, -0.25) is 4.98 Å². The van der Waals surface area contributed by atoms with E-state index in [1.54, 1.807) is 48.8 Å². The maximum atomic E-state index is 11.7. The average molecular weight is 336 g/mol. The minimum absolute atomic E-state index is 0.0566. The van der Waals surface area contributed by atoms with Gasteiger partial charge in [0.15, 0.2) is 11.5 Å². The third-order valence-corrected chi connectivity index (χ3v) is 3.69. The number of carbonyl (C=O) groups is 1. The summed E-state index contributed by atoms with van der Waals surface area (Å²) in [6.45, 7) is 0. The number of carbonyl (C=O) groups excluding carboxylic acids is 1. The Balaban J connectivity index is 2.01. The number of phenols is 1. The van der Waals surface area contributed by atoms with Gasteiger partial charge in [-0.05, 0) is 30.3 Å². The quantitative estimate of drug-likeness (QED) is 0.736. The molecule has 3 aromatic rings. The third kappa shape index (κ3) is 3.42. The average Bonchev–Trinajstić information content (AvgIpc) is 2.68. The van der Waals surface area contributed by atoms with Crippen molar-refractivity contribution in [2.75, 3.05) is 14.2 Å². The van der Waals surface area contributed by atoms with Crippen LogP contribution in [-0.2, 0) is 4.74 Å². The predicted octanol–water partition coefficient (Wildman–Crippen LogP) is 3.31. The zero-order valence-corrected chi connectivity index (χ0v) is 13.8. The van der Waals surface area contributed by atoms with E-state index in [2.05, 4.69) is 9.97 Å². The lowest BCUT2D eigenvalue weighted by atomic mass is 10.1. The Morgan fingerprint density at radius 2 is 1.72 bits per heavy atom. The summed E-state index contributed by atoms with van der Waals surface area (Å²) in [6.07, 6.45) is 3.25. The van der Waals surface area contributed by atoms with Crippen molar-refractivity contribution in [1.29, 1.82) is 0 Å². The van der Waals surface area contributed by atoms with Crippen molar-refractivity contribution in [3.63, 3.8) is 0 Å². The first-order chi connectivity index (χ1) is 12.1. The molecular formula is C19H16N2O4. The van der Waals surface area contributed by atoms with Gasteiger partial charge in [0.25, 0.3) is 0 Å². The summed E-state index contributed by atoms with van der Waals surface area (Å²) in [5.74, 6) is 0.00719. The molecule has 6 nitrogen and oxygen atoms in total. The number of aromatic nitrogens is 2. The molecule has 1 aromatic heterocycles. The van der Waals surface area contributed by atoms with Crippen LogP contribution < -0.4 is 4.74 Å². The summed E-state index contributed by atoms with van der Waals surface area (Å²) >= 11 is 0. The summed E-state index contributed by atoms with van der Waals surface area (Å²) < 4.78 is 9.87. The molecule has 0 unspecified atom stereocenters. The zero-order chi connectivity index (χ0) is 17.8. The second kappa shape index (κ2) is 7.00. The fourth-order valence-corrected chi connectivity index (χ4v) is 2.40. The highest BCUT2D eigenvalue weighted by molar-refractivity contribution is 5.90. The van der Waals surface area contributed by atoms with Crippen LogP contribution in [0.15, 0.2) is 54.9 Å². The molecule has 25 heavy (non-hydrogen) atoms. The Labute approximate surface area is 144 Å². The van der Waals surface area contributed by atoms with E-state index in [1.807, 2.05) is 6.07 Å². The van der Waals surface area contributed by atoms with Gasteiger partial charge in [-0.15, -0.1) is 0 Å². The minimum atomic E-state index is -0.408. The van der Waals surface area contributed by atoms with E-state index >= 15 is 0 Å². The van der Waals surface area contributed by atoms with Gasteiger partial charge in [0.05, 0.1) is 43.6 Å². The lowest BCUT2D eigenvalue weighted by Gasteiger charge is -2.08. The van der Waals surface area contributed by atoms with Gasteiger partial charge < -0.3 is 14.6 Å². The van der Waals surface area contributed by atoms with Crippen molar-refractivity contribution < 1.29 is 19.4 Å². The SMILES string of the molecule is COC(=O)c1cccc(-c2cncc(-c3ccc(O)c(OC)c3)n2)c1. The van der Waals surface area contributed by atoms with E-state index in [1.165, 1.54) is 14.2 Å². The second-order valence-corrected chi connectivity index (χ2v) is 5.25. The molecule has 0 fully saturated rings. The van der Waals surface area contributed by atoms with Gasteiger partial charge in [-0.2, -0.15) is 0 Å². The first-order valence-corrected chi connectivity index (χ1v) is 7.50. The molecule has 0 aliphatic carbocycles. The number of hydrogen-bond donors (Lipinski definition) is 1. The number of methoxy groups -OCH3 is 2. The highest BCUT2D eigenvalue weighted by Crippen LogP contribution is 2.31. The maximum Gasteiger partial charge on any atom is 0.337 e. The minimum Gasteiger partial charge on any atom is -0.504 e. The molecule has 1 N–H and O–H groups in total. The number of ether oxygens (including phenoxy) is 2. The summed E-state index contributed by atoms with van der Waals surface area (Å²) in [5, 5.41) is 9.72. The maximum absolute atomic E-state index is 11.7. The van der Waals surface area contributed by atoms with Crippen LogP contribution in [-0.4, -0.2) is 35.3 Å². The Hall–Kier alpha value is -3.41. The van der Waals surface area contributed by atoms with E-state index in [0.717, 1.165) is 11.1 Å². The number of nitrogens with zero attached hydrogens (tertiary/aromatic N) is 2. The first-order valence-electron chi connectivity index (χ1n) is 7.50. The van der Waals surface area contributed by atoms with Crippen molar-refractivity contribution in [1.82, 2.24) is 9.97 Å². The van der Waals surface area contributed by atoms with Gasteiger partial charge in [-0.1, -0.05) is 12.1 Å². The number of rotatable bonds is 4. The van der Waals surface area contributed by atoms with Crippen LogP contribution in [0.1, 0.15) is 10.4 Å². The fraction of sp³-hybridized carbons (Fsp3) is 0.105. The summed E-state index contributed by atoms with van der Waals surface area (Å²) in [7, 11) is 2.83. The van der Waals surface area contributed by atoms with Gasteiger partial charge >= 0.3 is 5.97 Å². The predicted molar refractivity (Wildman–Crippen MR) is 92.5 cm³/mol. The number of hydrogen-bond acceptors (Lipinski definition) is 6. The van der Waals surface area contributed by atoms with E-state index in [0.29, 0.717) is 22.7 Å². The third-order valence-electron chi connectivity index (χ3n) is 3.69. The molecule has 126 valence electrons. The lowest BCUT2D eigenvalue weighted by Crippen LogP contribution is -2.01. The van der Waals surface area contributed by atoms with E-state index in [4.69, 9.17) is 9.47 Å². The monoisotopic (exact) mass is 336 g/mol. The molecule has 0 amide bonds. The molecule has 0 atom stereocenters. The van der Waals surface area contributed by atoms with Crippen LogP contribution in [0, 0.1) is 0 Å². The molecule has 6 heteroatoms. The van der Waals surface area contributed by atoms with Crippen LogP contribution >= 0.6 is 0 Å². The molecule has 0 saturated heterocycles. The lowest BCUT2D eigenvalue weighted by molar-refractivity contribution is 0.0601. The molecule has 0 aliphatic heterocycles. The first kappa shape index (κ1) is 16.4. The summed E-state index contributed by atoms with van der Waals surface area (Å²) in [6, 6.07) is 12.0. The molecule has 0 saturated carbocycles. The van der Waals surface area contributed by atoms with E-state index in [9.17, 15) is 9.90 Å². The topological polar surface area (TPSA) is 81.5 Å². The Morgan fingerprint density at radius 1 is 1.00 bits per heavy atom. The summed E-state index contributed by atoms with van der Waals surface area (Å²) in [4.78, 5) is 20.5. The number of phenolic OH excluding ortho intramolecular Hbond substituents is 1. The van der Waals surface area contributed by atoms with Crippen molar-refractivity contribution in [3.8, 4) is 34.0 Å². The highest BCUT2D eigenvalue weighted by atomic mass is 16.5.